The molecule has 1 fully saturated rings. The molecule has 2 rings (SSSR count). The first-order valence-corrected chi connectivity index (χ1v) is 9.69. The number of benzene rings is 1. The van der Waals surface area contributed by atoms with Gasteiger partial charge >= 0.3 is 12.1 Å². The molecule has 27 heavy (non-hydrogen) atoms. The molecule has 1 aliphatic rings. The maximum Gasteiger partial charge on any atom is 0.411 e. The van der Waals surface area contributed by atoms with Gasteiger partial charge in [0, 0.05) is 37.1 Å². The van der Waals surface area contributed by atoms with Crippen molar-refractivity contribution >= 4 is 23.5 Å². The van der Waals surface area contributed by atoms with E-state index in [9.17, 15) is 9.59 Å². The lowest BCUT2D eigenvalue weighted by Crippen LogP contribution is -2.47. The first-order valence-electron chi connectivity index (χ1n) is 9.69. The Hall–Kier alpha value is -2.28. The van der Waals surface area contributed by atoms with Gasteiger partial charge < -0.3 is 20.3 Å². The summed E-state index contributed by atoms with van der Waals surface area (Å²) in [5.41, 5.74) is 1.27. The Bertz CT molecular complexity index is 610. The second kappa shape index (κ2) is 10.2. The number of hydrogen-bond acceptors (Lipinski definition) is 4. The Balaban J connectivity index is 1.76. The molecule has 150 valence electrons. The molecule has 3 atom stereocenters. The number of carbonyl (C=O) groups is 2. The molecule has 1 aliphatic heterocycles. The minimum Gasteiger partial charge on any atom is -0.450 e. The van der Waals surface area contributed by atoms with Gasteiger partial charge in [-0.25, -0.2) is 9.59 Å². The molecule has 0 bridgehead atoms. The van der Waals surface area contributed by atoms with Gasteiger partial charge in [-0.3, -0.25) is 5.32 Å². The first kappa shape index (κ1) is 21.0. The van der Waals surface area contributed by atoms with E-state index >= 15 is 0 Å². The average molecular weight is 377 g/mol. The highest BCUT2D eigenvalue weighted by atomic mass is 16.5. The third-order valence-electron chi connectivity index (χ3n) is 4.52. The lowest BCUT2D eigenvalue weighted by Gasteiger charge is -2.36. The van der Waals surface area contributed by atoms with E-state index < -0.39 is 6.09 Å². The molecule has 1 saturated heterocycles. The summed E-state index contributed by atoms with van der Waals surface area (Å²) in [6.07, 6.45) is 0.783. The number of carbonyl (C=O) groups excluding carboxylic acids is 2. The minimum absolute atomic E-state index is 0.0623. The van der Waals surface area contributed by atoms with Crippen LogP contribution in [0.15, 0.2) is 24.3 Å². The average Bonchev–Trinajstić information content (AvgIpc) is 2.55. The number of nitrogens with one attached hydrogen (secondary N) is 3. The largest absolute Gasteiger partial charge is 0.450 e. The molecule has 0 unspecified atom stereocenters. The van der Waals surface area contributed by atoms with Gasteiger partial charge in [-0.2, -0.15) is 0 Å². The van der Waals surface area contributed by atoms with Crippen molar-refractivity contribution in [3.63, 3.8) is 0 Å². The highest BCUT2D eigenvalue weighted by Crippen LogP contribution is 2.21. The number of amides is 3. The van der Waals surface area contributed by atoms with Crippen LogP contribution in [0.4, 0.5) is 21.0 Å². The normalized spacial score (nSPS) is 21.2. The Morgan fingerprint density at radius 1 is 1.11 bits per heavy atom. The van der Waals surface area contributed by atoms with Crippen molar-refractivity contribution in [2.24, 2.45) is 11.8 Å². The summed E-state index contributed by atoms with van der Waals surface area (Å²) in [6, 6.07) is 6.73. The molecule has 7 heteroatoms. The molecule has 3 N–H and O–H groups in total. The molecule has 0 aliphatic carbocycles. The Labute approximate surface area is 161 Å². The molecule has 7 nitrogen and oxygen atoms in total. The second-order valence-corrected chi connectivity index (χ2v) is 7.59. The lowest BCUT2D eigenvalue weighted by molar-refractivity contribution is 0.132. The van der Waals surface area contributed by atoms with Gasteiger partial charge in [0.25, 0.3) is 0 Å². The molecule has 0 aromatic heterocycles. The molecule has 0 saturated carbocycles. The van der Waals surface area contributed by atoms with Crippen LogP contribution in [0.5, 0.6) is 0 Å². The maximum atomic E-state index is 12.2. The molecule has 0 radical (unpaired) electrons. The summed E-state index contributed by atoms with van der Waals surface area (Å²) in [4.78, 5) is 26.0. The van der Waals surface area contributed by atoms with Gasteiger partial charge in [0.2, 0.25) is 0 Å². The minimum atomic E-state index is -0.494. The zero-order valence-corrected chi connectivity index (χ0v) is 16.7. The summed E-state index contributed by atoms with van der Waals surface area (Å²) in [6.45, 7) is 11.7. The quantitative estimate of drug-likeness (QED) is 0.706. The molecular formula is C20H32N4O3. The smallest absolute Gasteiger partial charge is 0.411 e. The molecule has 1 aromatic carbocycles. The van der Waals surface area contributed by atoms with E-state index in [1.54, 1.807) is 31.2 Å². The van der Waals surface area contributed by atoms with Gasteiger partial charge in [-0.05, 0) is 56.4 Å². The predicted octanol–water partition coefficient (Wildman–Crippen LogP) is 3.74. The fraction of sp³-hybridized carbons (Fsp3) is 0.600. The predicted molar refractivity (Wildman–Crippen MR) is 108 cm³/mol. The number of rotatable bonds is 6. The third-order valence-corrected chi connectivity index (χ3v) is 4.52. The number of ether oxygens (including phenoxy) is 1. The van der Waals surface area contributed by atoms with E-state index in [2.05, 4.69) is 34.7 Å². The zero-order chi connectivity index (χ0) is 19.8. The first-order chi connectivity index (χ1) is 12.9. The maximum absolute atomic E-state index is 12.2. The Morgan fingerprint density at radius 3 is 2.22 bits per heavy atom. The molecule has 3 amide bonds. The fourth-order valence-corrected chi connectivity index (χ4v) is 3.69. The van der Waals surface area contributed by atoms with E-state index in [0.717, 1.165) is 19.6 Å². The van der Waals surface area contributed by atoms with Gasteiger partial charge in [0.15, 0.2) is 0 Å². The van der Waals surface area contributed by atoms with Crippen LogP contribution >= 0.6 is 0 Å². The van der Waals surface area contributed by atoms with Crippen molar-refractivity contribution in [1.29, 1.82) is 0 Å². The molecule has 0 spiro atoms. The van der Waals surface area contributed by atoms with E-state index in [0.29, 0.717) is 29.8 Å². The van der Waals surface area contributed by atoms with Crippen LogP contribution in [-0.4, -0.2) is 49.3 Å². The summed E-state index contributed by atoms with van der Waals surface area (Å²) < 4.78 is 4.83. The van der Waals surface area contributed by atoms with Crippen LogP contribution in [0.2, 0.25) is 0 Å². The standard InChI is InChI=1S/C20H32N4O3/c1-5-27-20(26)23-18-8-6-17(7-9-18)22-19(25)21-16(4)13-24-11-14(2)10-15(3)12-24/h6-9,14-16H,5,10-13H2,1-4H3,(H,23,26)(H2,21,22,25)/t14-,15+,16-/m0/s1. The summed E-state index contributed by atoms with van der Waals surface area (Å²) in [5.74, 6) is 1.41. The van der Waals surface area contributed by atoms with Crippen LogP contribution in [0.25, 0.3) is 0 Å². The van der Waals surface area contributed by atoms with Gasteiger partial charge in [0.05, 0.1) is 6.61 Å². The summed E-state index contributed by atoms with van der Waals surface area (Å²) >= 11 is 0. The number of piperidine rings is 1. The zero-order valence-electron chi connectivity index (χ0n) is 16.7. The highest BCUT2D eigenvalue weighted by molar-refractivity contribution is 5.90. The van der Waals surface area contributed by atoms with Crippen LogP contribution in [-0.2, 0) is 4.74 Å². The monoisotopic (exact) mass is 376 g/mol. The summed E-state index contributed by atoms with van der Waals surface area (Å²) in [5, 5.41) is 8.42. The van der Waals surface area contributed by atoms with Gasteiger partial charge in [-0.1, -0.05) is 13.8 Å². The van der Waals surface area contributed by atoms with Gasteiger partial charge in [-0.15, -0.1) is 0 Å². The lowest BCUT2D eigenvalue weighted by atomic mass is 9.92. The molecular weight excluding hydrogens is 344 g/mol. The number of anilines is 2. The van der Waals surface area contributed by atoms with E-state index in [1.807, 2.05) is 6.92 Å². The van der Waals surface area contributed by atoms with Crippen molar-refractivity contribution in [3.8, 4) is 0 Å². The number of nitrogens with zero attached hydrogens (tertiary/aromatic N) is 1. The van der Waals surface area contributed by atoms with Crippen LogP contribution in [0, 0.1) is 11.8 Å². The molecule has 1 heterocycles. The van der Waals surface area contributed by atoms with E-state index in [-0.39, 0.29) is 12.1 Å². The number of hydrogen-bond donors (Lipinski definition) is 3. The van der Waals surface area contributed by atoms with Crippen LogP contribution < -0.4 is 16.0 Å². The topological polar surface area (TPSA) is 82.7 Å². The van der Waals surface area contributed by atoms with Crippen LogP contribution in [0.3, 0.4) is 0 Å². The summed E-state index contributed by atoms with van der Waals surface area (Å²) in [7, 11) is 0. The van der Waals surface area contributed by atoms with Crippen molar-refractivity contribution in [1.82, 2.24) is 10.2 Å². The van der Waals surface area contributed by atoms with Crippen LogP contribution in [0.1, 0.15) is 34.1 Å². The van der Waals surface area contributed by atoms with Crippen molar-refractivity contribution in [2.45, 2.75) is 40.2 Å². The number of urea groups is 1. The fourth-order valence-electron chi connectivity index (χ4n) is 3.69. The van der Waals surface area contributed by atoms with E-state index in [4.69, 9.17) is 4.74 Å². The second-order valence-electron chi connectivity index (χ2n) is 7.59. The Morgan fingerprint density at radius 2 is 1.67 bits per heavy atom. The van der Waals surface area contributed by atoms with E-state index in [1.165, 1.54) is 6.42 Å². The van der Waals surface area contributed by atoms with Crippen molar-refractivity contribution in [3.05, 3.63) is 24.3 Å². The third kappa shape index (κ3) is 7.46. The van der Waals surface area contributed by atoms with Crippen molar-refractivity contribution in [2.75, 3.05) is 36.9 Å². The van der Waals surface area contributed by atoms with Crippen molar-refractivity contribution < 1.29 is 14.3 Å². The highest BCUT2D eigenvalue weighted by Gasteiger charge is 2.23. The number of likely N-dealkylation sites (tertiary alicyclic amines) is 1. The molecule has 1 aromatic rings. The Kier molecular flexibility index (Phi) is 7.91. The SMILES string of the molecule is CCOC(=O)Nc1ccc(NC(=O)N[C@@H](C)CN2C[C@H](C)C[C@H](C)C2)cc1. The van der Waals surface area contributed by atoms with Gasteiger partial charge in [0.1, 0.15) is 0 Å².